The van der Waals surface area contributed by atoms with Crippen molar-refractivity contribution in [2.75, 3.05) is 20.2 Å². The highest BCUT2D eigenvalue weighted by molar-refractivity contribution is 7.86. The van der Waals surface area contributed by atoms with Gasteiger partial charge in [-0.2, -0.15) is 17.0 Å². The van der Waals surface area contributed by atoms with Gasteiger partial charge in [-0.05, 0) is 25.7 Å². The van der Waals surface area contributed by atoms with Gasteiger partial charge in [0.15, 0.2) is 0 Å². The molecule has 2 aliphatic rings. The van der Waals surface area contributed by atoms with Crippen molar-refractivity contribution in [2.45, 2.75) is 69.9 Å². The third-order valence-electron chi connectivity index (χ3n) is 4.78. The van der Waals surface area contributed by atoms with Crippen LogP contribution in [0.25, 0.3) is 0 Å². The van der Waals surface area contributed by atoms with E-state index in [1.54, 1.807) is 11.4 Å². The van der Waals surface area contributed by atoms with Gasteiger partial charge in [0.1, 0.15) is 0 Å². The first kappa shape index (κ1) is 16.2. The molecule has 1 saturated carbocycles. The van der Waals surface area contributed by atoms with Gasteiger partial charge in [-0.1, -0.05) is 32.1 Å². The second-order valence-corrected chi connectivity index (χ2v) is 8.05. The number of rotatable bonds is 4. The van der Waals surface area contributed by atoms with Crippen LogP contribution in [0.5, 0.6) is 0 Å². The first-order chi connectivity index (χ1) is 9.57. The van der Waals surface area contributed by atoms with Gasteiger partial charge in [-0.25, -0.2) is 0 Å². The van der Waals surface area contributed by atoms with E-state index in [0.29, 0.717) is 6.54 Å². The average Bonchev–Trinajstić information content (AvgIpc) is 2.75. The van der Waals surface area contributed by atoms with Crippen molar-refractivity contribution in [3.63, 3.8) is 0 Å². The Morgan fingerprint density at radius 1 is 1.05 bits per heavy atom. The highest BCUT2D eigenvalue weighted by Gasteiger charge is 2.37. The smallest absolute Gasteiger partial charge is 0.282 e. The molecule has 1 aliphatic carbocycles. The van der Waals surface area contributed by atoms with Crippen LogP contribution in [0.3, 0.4) is 0 Å². The number of nitrogens with zero attached hydrogens (tertiary/aromatic N) is 2. The van der Waals surface area contributed by atoms with Crippen LogP contribution < -0.4 is 0 Å². The number of aliphatic hydroxyl groups excluding tert-OH is 1. The van der Waals surface area contributed by atoms with Crippen molar-refractivity contribution in [2.24, 2.45) is 0 Å². The summed E-state index contributed by atoms with van der Waals surface area (Å²) in [6.45, 7) is 0.475. The summed E-state index contributed by atoms with van der Waals surface area (Å²) in [7, 11) is -1.72. The first-order valence-corrected chi connectivity index (χ1v) is 9.32. The van der Waals surface area contributed by atoms with Gasteiger partial charge in [-0.15, -0.1) is 0 Å². The molecule has 2 fully saturated rings. The van der Waals surface area contributed by atoms with Crippen LogP contribution in [0.1, 0.15) is 57.8 Å². The third-order valence-corrected chi connectivity index (χ3v) is 6.88. The van der Waals surface area contributed by atoms with Crippen molar-refractivity contribution in [3.8, 4) is 0 Å². The highest BCUT2D eigenvalue weighted by Crippen LogP contribution is 2.27. The minimum atomic E-state index is -3.43. The van der Waals surface area contributed by atoms with Crippen molar-refractivity contribution in [1.29, 1.82) is 0 Å². The molecule has 0 amide bonds. The number of hydrogen-bond acceptors (Lipinski definition) is 3. The Bertz CT molecular complexity index is 391. The first-order valence-electron chi connectivity index (χ1n) is 7.93. The molecule has 1 N–H and O–H groups in total. The molecule has 2 rings (SSSR count). The fourth-order valence-corrected chi connectivity index (χ4v) is 5.26. The summed E-state index contributed by atoms with van der Waals surface area (Å²) in [5.74, 6) is 0. The van der Waals surface area contributed by atoms with Crippen LogP contribution in [0.2, 0.25) is 0 Å². The molecule has 118 valence electrons. The molecule has 1 unspecified atom stereocenters. The number of aliphatic hydroxyl groups is 1. The van der Waals surface area contributed by atoms with Crippen LogP contribution >= 0.6 is 0 Å². The molecule has 6 heteroatoms. The van der Waals surface area contributed by atoms with E-state index in [2.05, 4.69) is 0 Å². The van der Waals surface area contributed by atoms with Crippen molar-refractivity contribution in [3.05, 3.63) is 0 Å². The Morgan fingerprint density at radius 3 is 2.25 bits per heavy atom. The second kappa shape index (κ2) is 7.20. The van der Waals surface area contributed by atoms with E-state index < -0.39 is 10.2 Å². The normalized spacial score (nSPS) is 27.6. The van der Waals surface area contributed by atoms with Gasteiger partial charge >= 0.3 is 0 Å². The van der Waals surface area contributed by atoms with Crippen LogP contribution in [-0.4, -0.2) is 54.4 Å². The Balaban J connectivity index is 2.10. The molecule has 1 atom stereocenters. The summed E-state index contributed by atoms with van der Waals surface area (Å²) < 4.78 is 28.7. The van der Waals surface area contributed by atoms with Gasteiger partial charge in [-0.3, -0.25) is 0 Å². The molecule has 0 spiro atoms. The van der Waals surface area contributed by atoms with Crippen LogP contribution in [0.4, 0.5) is 0 Å². The van der Waals surface area contributed by atoms with Gasteiger partial charge in [0.05, 0.1) is 6.61 Å². The molecular weight excluding hydrogens is 276 g/mol. The zero-order chi connectivity index (χ0) is 14.6. The molecule has 1 saturated heterocycles. The molecule has 0 aromatic rings. The van der Waals surface area contributed by atoms with E-state index in [9.17, 15) is 13.5 Å². The molecule has 1 aliphatic heterocycles. The quantitative estimate of drug-likeness (QED) is 0.805. The largest absolute Gasteiger partial charge is 0.395 e. The standard InChI is InChI=1S/C14H28N2O3S/c1-15(13-8-4-2-3-5-9-13)20(18,19)16-11-7-6-10-14(16)12-17/h13-14,17H,2-12H2,1H3. The molecule has 20 heavy (non-hydrogen) atoms. The third kappa shape index (κ3) is 3.53. The molecule has 5 nitrogen and oxygen atoms in total. The molecule has 0 bridgehead atoms. The fraction of sp³-hybridized carbons (Fsp3) is 1.00. The van der Waals surface area contributed by atoms with Crippen molar-refractivity contribution >= 4 is 10.2 Å². The lowest BCUT2D eigenvalue weighted by atomic mass is 10.1. The zero-order valence-electron chi connectivity index (χ0n) is 12.5. The number of piperidine rings is 1. The minimum Gasteiger partial charge on any atom is -0.395 e. The van der Waals surface area contributed by atoms with E-state index in [0.717, 1.165) is 44.9 Å². The highest BCUT2D eigenvalue weighted by atomic mass is 32.2. The SMILES string of the molecule is CN(C1CCCCCC1)S(=O)(=O)N1CCCCC1CO. The van der Waals surface area contributed by atoms with Gasteiger partial charge in [0.2, 0.25) is 0 Å². The van der Waals surface area contributed by atoms with Crippen LogP contribution in [0.15, 0.2) is 0 Å². The monoisotopic (exact) mass is 304 g/mol. The average molecular weight is 304 g/mol. The van der Waals surface area contributed by atoms with Gasteiger partial charge < -0.3 is 5.11 Å². The predicted molar refractivity (Wildman–Crippen MR) is 79.6 cm³/mol. The van der Waals surface area contributed by atoms with Crippen molar-refractivity contribution in [1.82, 2.24) is 8.61 Å². The Hall–Kier alpha value is -0.170. The zero-order valence-corrected chi connectivity index (χ0v) is 13.3. The summed E-state index contributed by atoms with van der Waals surface area (Å²) in [5, 5.41) is 9.44. The Morgan fingerprint density at radius 2 is 1.65 bits per heavy atom. The van der Waals surface area contributed by atoms with Gasteiger partial charge in [0, 0.05) is 25.7 Å². The Labute approximate surface area is 123 Å². The van der Waals surface area contributed by atoms with Crippen LogP contribution in [0, 0.1) is 0 Å². The molecule has 0 aromatic carbocycles. The lowest BCUT2D eigenvalue weighted by Gasteiger charge is -2.38. The summed E-state index contributed by atoms with van der Waals surface area (Å²) >= 11 is 0. The maximum Gasteiger partial charge on any atom is 0.282 e. The van der Waals surface area contributed by atoms with Crippen LogP contribution in [-0.2, 0) is 10.2 Å². The summed E-state index contributed by atoms with van der Waals surface area (Å²) in [6.07, 6.45) is 9.27. The number of hydrogen-bond donors (Lipinski definition) is 1. The molecule has 0 radical (unpaired) electrons. The van der Waals surface area contributed by atoms with Gasteiger partial charge in [0.25, 0.3) is 10.2 Å². The fourth-order valence-electron chi connectivity index (χ4n) is 3.44. The maximum atomic E-state index is 12.8. The topological polar surface area (TPSA) is 60.9 Å². The molecule has 1 heterocycles. The lowest BCUT2D eigenvalue weighted by Crippen LogP contribution is -2.53. The van der Waals surface area contributed by atoms with E-state index >= 15 is 0 Å². The van der Waals surface area contributed by atoms with Crippen molar-refractivity contribution < 1.29 is 13.5 Å². The predicted octanol–water partition coefficient (Wildman–Crippen LogP) is 1.73. The maximum absolute atomic E-state index is 12.8. The van der Waals surface area contributed by atoms with E-state index in [1.807, 2.05) is 0 Å². The van der Waals surface area contributed by atoms with E-state index in [-0.39, 0.29) is 18.7 Å². The summed E-state index contributed by atoms with van der Waals surface area (Å²) in [6, 6.07) is -0.106. The van der Waals surface area contributed by atoms with E-state index in [4.69, 9.17) is 0 Å². The summed E-state index contributed by atoms with van der Waals surface area (Å²) in [5.41, 5.74) is 0. The summed E-state index contributed by atoms with van der Waals surface area (Å²) in [4.78, 5) is 0. The van der Waals surface area contributed by atoms with E-state index in [1.165, 1.54) is 17.1 Å². The minimum absolute atomic E-state index is 0.0717. The molecule has 0 aromatic heterocycles. The second-order valence-electron chi connectivity index (χ2n) is 6.11. The lowest BCUT2D eigenvalue weighted by molar-refractivity contribution is 0.145. The Kier molecular flexibility index (Phi) is 5.84. The molecular formula is C14H28N2O3S.